The number of carbonyl (C=O) groups is 1. The molecule has 1 aliphatic rings. The lowest BCUT2D eigenvalue weighted by atomic mass is 9.88. The van der Waals surface area contributed by atoms with Gasteiger partial charge in [0.05, 0.1) is 18.2 Å². The van der Waals surface area contributed by atoms with Gasteiger partial charge in [0.1, 0.15) is 17.3 Å². The quantitative estimate of drug-likeness (QED) is 0.336. The number of pyridine rings is 1. The van der Waals surface area contributed by atoms with Gasteiger partial charge in [0.2, 0.25) is 0 Å². The Kier molecular flexibility index (Phi) is 7.95. The number of hydrogen-bond acceptors (Lipinski definition) is 5. The SMILES string of the molecule is CN=CC(=C(N)C(=O)N1CC(F)(F)C[C@@H](C)C1CNc1ccc(C(F)(F)F)cn1)c1ccc(F)cc1. The number of piperidine rings is 1. The molecule has 1 saturated heterocycles. The molecule has 1 fully saturated rings. The molecule has 0 bridgehead atoms. The number of nitrogens with one attached hydrogen (secondary N) is 1. The van der Waals surface area contributed by atoms with Crippen molar-refractivity contribution in [2.45, 2.75) is 31.5 Å². The molecule has 36 heavy (non-hydrogen) atoms. The first-order valence-electron chi connectivity index (χ1n) is 11.0. The number of halogens is 6. The van der Waals surface area contributed by atoms with Crippen molar-refractivity contribution in [1.29, 1.82) is 0 Å². The lowest BCUT2D eigenvalue weighted by Crippen LogP contribution is -2.58. The third kappa shape index (κ3) is 6.35. The summed E-state index contributed by atoms with van der Waals surface area (Å²) in [6.45, 7) is 0.597. The number of aliphatic imine (C=N–C) groups is 1. The molecule has 3 N–H and O–H groups in total. The Bertz CT molecular complexity index is 1130. The van der Waals surface area contributed by atoms with E-state index < -0.39 is 54.3 Å². The van der Waals surface area contributed by atoms with E-state index in [1.54, 1.807) is 6.92 Å². The van der Waals surface area contributed by atoms with Gasteiger partial charge < -0.3 is 16.0 Å². The fourth-order valence-corrected chi connectivity index (χ4v) is 4.08. The number of alkyl halides is 5. The minimum atomic E-state index is -4.55. The molecule has 1 aromatic carbocycles. The van der Waals surface area contributed by atoms with Crippen molar-refractivity contribution in [2.75, 3.05) is 25.5 Å². The maximum absolute atomic E-state index is 14.5. The molecule has 2 heterocycles. The highest BCUT2D eigenvalue weighted by Crippen LogP contribution is 2.35. The molecule has 1 unspecified atom stereocenters. The van der Waals surface area contributed by atoms with E-state index in [2.05, 4.69) is 15.3 Å². The van der Waals surface area contributed by atoms with Crippen LogP contribution in [0.3, 0.4) is 0 Å². The molecule has 6 nitrogen and oxygen atoms in total. The van der Waals surface area contributed by atoms with Gasteiger partial charge in [0.15, 0.2) is 0 Å². The average Bonchev–Trinajstić information content (AvgIpc) is 2.80. The number of allylic oxidation sites excluding steroid dienone is 1. The fraction of sp³-hybridized carbons (Fsp3) is 0.375. The second-order valence-corrected chi connectivity index (χ2v) is 8.57. The highest BCUT2D eigenvalue weighted by molar-refractivity contribution is 6.18. The van der Waals surface area contributed by atoms with Gasteiger partial charge in [-0.25, -0.2) is 18.2 Å². The molecule has 0 saturated carbocycles. The van der Waals surface area contributed by atoms with Gasteiger partial charge in [-0.3, -0.25) is 9.79 Å². The second-order valence-electron chi connectivity index (χ2n) is 8.57. The fourth-order valence-electron chi connectivity index (χ4n) is 4.08. The Morgan fingerprint density at radius 3 is 2.47 bits per heavy atom. The normalized spacial score (nSPS) is 20.8. The standard InChI is InChI=1S/C24H25F6N5O/c1-14-9-23(26,27)13-35(19(14)12-34-20-8-5-16(10-33-20)24(28,29)30)22(36)21(31)18(11-32-2)15-3-6-17(25)7-4-15/h3-8,10-11,14,19H,9,12-13,31H2,1-2H3,(H,33,34)/t14-,19?/m1/s1. The number of nitrogens with zero attached hydrogens (tertiary/aromatic N) is 3. The summed E-state index contributed by atoms with van der Waals surface area (Å²) in [5.41, 5.74) is 5.35. The van der Waals surface area contributed by atoms with E-state index in [1.165, 1.54) is 25.4 Å². The summed E-state index contributed by atoms with van der Waals surface area (Å²) in [5.74, 6) is -5.14. The van der Waals surface area contributed by atoms with Crippen molar-refractivity contribution in [1.82, 2.24) is 9.88 Å². The maximum atomic E-state index is 14.5. The molecule has 0 aliphatic carbocycles. The van der Waals surface area contributed by atoms with Crippen molar-refractivity contribution < 1.29 is 31.1 Å². The maximum Gasteiger partial charge on any atom is 0.417 e. The third-order valence-corrected chi connectivity index (χ3v) is 5.86. The van der Waals surface area contributed by atoms with E-state index in [4.69, 9.17) is 5.73 Å². The molecular weight excluding hydrogens is 488 g/mol. The minimum Gasteiger partial charge on any atom is -0.394 e. The van der Waals surface area contributed by atoms with Gasteiger partial charge in [-0.05, 0) is 35.7 Å². The number of likely N-dealkylation sites (tertiary alicyclic amines) is 1. The van der Waals surface area contributed by atoms with Gasteiger partial charge >= 0.3 is 6.18 Å². The molecule has 1 aliphatic heterocycles. The molecule has 2 aromatic rings. The van der Waals surface area contributed by atoms with Crippen molar-refractivity contribution >= 4 is 23.5 Å². The molecule has 1 aromatic heterocycles. The Hall–Kier alpha value is -3.57. The van der Waals surface area contributed by atoms with E-state index in [0.29, 0.717) is 11.8 Å². The Balaban J connectivity index is 1.89. The Morgan fingerprint density at radius 2 is 1.92 bits per heavy atom. The van der Waals surface area contributed by atoms with Crippen LogP contribution in [-0.2, 0) is 11.0 Å². The number of benzene rings is 1. The van der Waals surface area contributed by atoms with Crippen LogP contribution in [0.25, 0.3) is 5.57 Å². The van der Waals surface area contributed by atoms with Crippen LogP contribution >= 0.6 is 0 Å². The summed E-state index contributed by atoms with van der Waals surface area (Å²) in [7, 11) is 1.43. The minimum absolute atomic E-state index is 0.0532. The number of rotatable bonds is 6. The van der Waals surface area contributed by atoms with Crippen LogP contribution in [-0.4, -0.2) is 54.1 Å². The van der Waals surface area contributed by atoms with Crippen molar-refractivity contribution in [3.63, 3.8) is 0 Å². The van der Waals surface area contributed by atoms with Crippen molar-refractivity contribution in [3.05, 3.63) is 65.2 Å². The largest absolute Gasteiger partial charge is 0.417 e. The van der Waals surface area contributed by atoms with E-state index >= 15 is 0 Å². The number of aromatic nitrogens is 1. The summed E-state index contributed by atoms with van der Waals surface area (Å²) < 4.78 is 80.7. The molecule has 194 valence electrons. The lowest BCUT2D eigenvalue weighted by Gasteiger charge is -2.43. The molecule has 0 spiro atoms. The van der Waals surface area contributed by atoms with Crippen LogP contribution in [0.5, 0.6) is 0 Å². The summed E-state index contributed by atoms with van der Waals surface area (Å²) in [6, 6.07) is 6.29. The van der Waals surface area contributed by atoms with Crippen LogP contribution in [0.1, 0.15) is 24.5 Å². The average molecular weight is 513 g/mol. The van der Waals surface area contributed by atoms with Crippen molar-refractivity contribution in [3.8, 4) is 0 Å². The first-order valence-corrected chi connectivity index (χ1v) is 11.0. The third-order valence-electron chi connectivity index (χ3n) is 5.86. The summed E-state index contributed by atoms with van der Waals surface area (Å²) in [6.07, 6.45) is -3.10. The van der Waals surface area contributed by atoms with Crippen LogP contribution < -0.4 is 11.1 Å². The van der Waals surface area contributed by atoms with Gasteiger partial charge in [0.25, 0.3) is 11.8 Å². The molecule has 3 rings (SSSR count). The first kappa shape index (κ1) is 27.0. The van der Waals surface area contributed by atoms with Gasteiger partial charge in [0, 0.05) is 38.0 Å². The summed E-state index contributed by atoms with van der Waals surface area (Å²) in [4.78, 5) is 21.9. The van der Waals surface area contributed by atoms with Gasteiger partial charge in [-0.2, -0.15) is 13.2 Å². The van der Waals surface area contributed by atoms with E-state index in [1.807, 2.05) is 0 Å². The van der Waals surface area contributed by atoms with E-state index in [0.717, 1.165) is 29.2 Å². The number of hydrogen-bond donors (Lipinski definition) is 2. The summed E-state index contributed by atoms with van der Waals surface area (Å²) in [5, 5.41) is 2.82. The number of anilines is 1. The van der Waals surface area contributed by atoms with Crippen LogP contribution in [0.15, 0.2) is 53.3 Å². The zero-order chi connectivity index (χ0) is 26.7. The molecule has 12 heteroatoms. The van der Waals surface area contributed by atoms with Crippen LogP contribution in [0.2, 0.25) is 0 Å². The molecule has 2 atom stereocenters. The van der Waals surface area contributed by atoms with Crippen LogP contribution in [0.4, 0.5) is 32.2 Å². The number of nitrogens with two attached hydrogens (primary N) is 1. The monoisotopic (exact) mass is 513 g/mol. The van der Waals surface area contributed by atoms with Gasteiger partial charge in [-0.1, -0.05) is 19.1 Å². The van der Waals surface area contributed by atoms with E-state index in [-0.39, 0.29) is 23.6 Å². The molecular formula is C24H25F6N5O. The summed E-state index contributed by atoms with van der Waals surface area (Å²) >= 11 is 0. The predicted octanol–water partition coefficient (Wildman–Crippen LogP) is 4.59. The topological polar surface area (TPSA) is 83.6 Å². The molecule has 1 amide bonds. The highest BCUT2D eigenvalue weighted by atomic mass is 19.4. The highest BCUT2D eigenvalue weighted by Gasteiger charge is 2.46. The lowest BCUT2D eigenvalue weighted by molar-refractivity contribution is -0.148. The smallest absolute Gasteiger partial charge is 0.394 e. The number of carbonyl (C=O) groups excluding carboxylic acids is 1. The second kappa shape index (κ2) is 10.6. The van der Waals surface area contributed by atoms with E-state index in [9.17, 15) is 31.1 Å². The van der Waals surface area contributed by atoms with Gasteiger partial charge in [-0.15, -0.1) is 0 Å². The number of amides is 1. The zero-order valence-corrected chi connectivity index (χ0v) is 19.5. The Morgan fingerprint density at radius 1 is 1.25 bits per heavy atom. The predicted molar refractivity (Wildman–Crippen MR) is 124 cm³/mol. The zero-order valence-electron chi connectivity index (χ0n) is 19.5. The Labute approximate surface area is 203 Å². The van der Waals surface area contributed by atoms with Crippen LogP contribution in [0, 0.1) is 11.7 Å². The molecule has 0 radical (unpaired) electrons. The first-order chi connectivity index (χ1) is 16.8. The van der Waals surface area contributed by atoms with Crippen molar-refractivity contribution in [2.24, 2.45) is 16.6 Å².